The smallest absolute Gasteiger partial charge is 0.376 e. The Bertz CT molecular complexity index is 882. The lowest BCUT2D eigenvalue weighted by molar-refractivity contribution is -0.143. The molecule has 1 aliphatic carbocycles. The molecule has 1 aromatic rings. The van der Waals surface area contributed by atoms with Gasteiger partial charge >= 0.3 is 12.4 Å². The number of rotatable bonds is 5. The molecule has 2 rings (SSSR count). The van der Waals surface area contributed by atoms with Crippen LogP contribution in [0.15, 0.2) is 42.0 Å². The highest BCUT2D eigenvalue weighted by atomic mass is 19.4. The summed E-state index contributed by atoms with van der Waals surface area (Å²) in [5, 5.41) is 0. The summed E-state index contributed by atoms with van der Waals surface area (Å²) in [7, 11) is 1.12. The van der Waals surface area contributed by atoms with Gasteiger partial charge in [-0.2, -0.15) is 26.3 Å². The number of ether oxygens (including phenoxy) is 1. The molecule has 4 nitrogen and oxygen atoms in total. The second-order valence-corrected chi connectivity index (χ2v) is 7.16. The van der Waals surface area contributed by atoms with E-state index in [1.807, 2.05) is 0 Å². The number of amides is 1. The van der Waals surface area contributed by atoms with E-state index >= 15 is 0 Å². The lowest BCUT2D eigenvalue weighted by atomic mass is 9.69. The number of allylic oxidation sites excluding steroid dienone is 2. The van der Waals surface area contributed by atoms with Crippen molar-refractivity contribution in [3.05, 3.63) is 58.7 Å². The number of carbonyl (C=O) groups excluding carboxylic acids is 2. The first kappa shape index (κ1) is 23.7. The molecule has 2 atom stereocenters. The van der Waals surface area contributed by atoms with E-state index in [1.54, 1.807) is 13.8 Å². The lowest BCUT2D eigenvalue weighted by Gasteiger charge is -2.37. The molecule has 0 saturated heterocycles. The maximum absolute atomic E-state index is 13.3. The van der Waals surface area contributed by atoms with Gasteiger partial charge in [-0.15, -0.1) is 0 Å². The third kappa shape index (κ3) is 4.28. The number of ketones is 1. The number of methoxy groups -OCH3 is 1. The fraction of sp³-hybridized carbons (Fsp3) is 0.400. The summed E-state index contributed by atoms with van der Waals surface area (Å²) in [6.45, 7) is 3.11. The highest BCUT2D eigenvalue weighted by Crippen LogP contribution is 2.43. The Balaban J connectivity index is 2.90. The van der Waals surface area contributed by atoms with E-state index in [2.05, 4.69) is 0 Å². The predicted octanol–water partition coefficient (Wildman–Crippen LogP) is 4.18. The van der Waals surface area contributed by atoms with E-state index in [-0.39, 0.29) is 11.6 Å². The molecule has 1 amide bonds. The average molecular weight is 435 g/mol. The van der Waals surface area contributed by atoms with Gasteiger partial charge in [-0.05, 0) is 23.8 Å². The number of alkyl halides is 6. The van der Waals surface area contributed by atoms with E-state index in [0.29, 0.717) is 12.1 Å². The number of halogens is 6. The van der Waals surface area contributed by atoms with Crippen LogP contribution < -0.4 is 5.73 Å². The molecule has 0 aliphatic heterocycles. The normalized spacial score (nSPS) is 22.2. The summed E-state index contributed by atoms with van der Waals surface area (Å²) in [5.41, 5.74) is -0.736. The van der Waals surface area contributed by atoms with Crippen LogP contribution in [0.5, 0.6) is 0 Å². The van der Waals surface area contributed by atoms with Gasteiger partial charge in [0.25, 0.3) is 0 Å². The van der Waals surface area contributed by atoms with Crippen LogP contribution in [0.3, 0.4) is 0 Å². The molecule has 0 heterocycles. The minimum Gasteiger partial charge on any atom is -0.376 e. The molecule has 30 heavy (non-hydrogen) atoms. The topological polar surface area (TPSA) is 69.4 Å². The van der Waals surface area contributed by atoms with Gasteiger partial charge in [0.2, 0.25) is 5.91 Å². The fourth-order valence-electron chi connectivity index (χ4n) is 3.26. The van der Waals surface area contributed by atoms with E-state index in [9.17, 15) is 35.9 Å². The number of Topliss-reactive ketones (excluding diaryl/α,β-unsaturated/α-hetero) is 1. The van der Waals surface area contributed by atoms with Gasteiger partial charge in [-0.1, -0.05) is 32.1 Å². The van der Waals surface area contributed by atoms with Crippen molar-refractivity contribution in [2.24, 2.45) is 11.7 Å². The molecule has 1 aliphatic rings. The third-order valence-corrected chi connectivity index (χ3v) is 4.82. The minimum atomic E-state index is -5.12. The molecule has 0 aromatic heterocycles. The Morgan fingerprint density at radius 3 is 1.90 bits per heavy atom. The van der Waals surface area contributed by atoms with Crippen molar-refractivity contribution in [1.82, 2.24) is 0 Å². The van der Waals surface area contributed by atoms with Gasteiger partial charge in [0.05, 0.1) is 17.2 Å². The van der Waals surface area contributed by atoms with Crippen LogP contribution in [-0.2, 0) is 32.1 Å². The van der Waals surface area contributed by atoms with Gasteiger partial charge in [-0.3, -0.25) is 9.59 Å². The molecular formula is C20H19F6NO3. The summed E-state index contributed by atoms with van der Waals surface area (Å²) < 4.78 is 85.1. The van der Waals surface area contributed by atoms with Crippen LogP contribution in [0.25, 0.3) is 0 Å². The Hall–Kier alpha value is -2.62. The zero-order valence-electron chi connectivity index (χ0n) is 16.2. The van der Waals surface area contributed by atoms with Crippen LogP contribution in [0.4, 0.5) is 26.3 Å². The Labute approximate surface area is 168 Å². The first-order chi connectivity index (χ1) is 13.6. The Morgan fingerprint density at radius 1 is 1.03 bits per heavy atom. The molecule has 10 heteroatoms. The van der Waals surface area contributed by atoms with Gasteiger partial charge < -0.3 is 10.5 Å². The first-order valence-corrected chi connectivity index (χ1v) is 8.72. The third-order valence-electron chi connectivity index (χ3n) is 4.82. The monoisotopic (exact) mass is 435 g/mol. The van der Waals surface area contributed by atoms with Crippen molar-refractivity contribution in [1.29, 1.82) is 0 Å². The molecule has 2 N–H and O–H groups in total. The van der Waals surface area contributed by atoms with Gasteiger partial charge in [0, 0.05) is 18.6 Å². The van der Waals surface area contributed by atoms with E-state index in [4.69, 9.17) is 10.5 Å². The number of primary amides is 1. The molecule has 0 saturated carbocycles. The average Bonchev–Trinajstić information content (AvgIpc) is 2.64. The van der Waals surface area contributed by atoms with Crippen molar-refractivity contribution in [2.45, 2.75) is 37.7 Å². The molecule has 0 fully saturated rings. The van der Waals surface area contributed by atoms with Crippen molar-refractivity contribution >= 4 is 11.7 Å². The molecule has 2 unspecified atom stereocenters. The maximum atomic E-state index is 13.3. The molecule has 0 radical (unpaired) electrons. The fourth-order valence-corrected chi connectivity index (χ4v) is 3.26. The van der Waals surface area contributed by atoms with Crippen molar-refractivity contribution in [3.63, 3.8) is 0 Å². The summed E-state index contributed by atoms with van der Waals surface area (Å²) in [6, 6.07) is 0.779. The number of carbonyl (C=O) groups is 2. The second kappa shape index (κ2) is 7.90. The van der Waals surface area contributed by atoms with Crippen molar-refractivity contribution in [3.8, 4) is 0 Å². The summed E-state index contributed by atoms with van der Waals surface area (Å²) in [6.07, 6.45) is -8.07. The minimum absolute atomic E-state index is 0.0530. The van der Waals surface area contributed by atoms with Crippen LogP contribution in [0, 0.1) is 5.92 Å². The Morgan fingerprint density at radius 2 is 1.53 bits per heavy atom. The molecular weight excluding hydrogens is 416 g/mol. The zero-order chi connectivity index (χ0) is 23.1. The van der Waals surface area contributed by atoms with E-state index in [0.717, 1.165) is 13.2 Å². The number of hydrogen-bond donors (Lipinski definition) is 1. The van der Waals surface area contributed by atoms with E-state index < -0.39 is 58.2 Å². The van der Waals surface area contributed by atoms with Crippen LogP contribution >= 0.6 is 0 Å². The number of hydrogen-bond acceptors (Lipinski definition) is 3. The lowest BCUT2D eigenvalue weighted by Crippen LogP contribution is -2.51. The maximum Gasteiger partial charge on any atom is 0.416 e. The first-order valence-electron chi connectivity index (χ1n) is 8.72. The molecule has 164 valence electrons. The van der Waals surface area contributed by atoms with Gasteiger partial charge in [0.15, 0.2) is 5.78 Å². The van der Waals surface area contributed by atoms with Crippen LogP contribution in [-0.4, -0.2) is 24.9 Å². The SMILES string of the molecule is COC1C=CC(C(=O)C(C)C)=CC1(C(N)=O)c1cc(C(F)(F)F)cc(C(F)(F)F)c1. The molecule has 1 aromatic carbocycles. The summed E-state index contributed by atoms with van der Waals surface area (Å²) >= 11 is 0. The summed E-state index contributed by atoms with van der Waals surface area (Å²) in [5.74, 6) is -2.27. The van der Waals surface area contributed by atoms with Crippen molar-refractivity contribution < 1.29 is 40.7 Å². The summed E-state index contributed by atoms with van der Waals surface area (Å²) in [4.78, 5) is 24.9. The second-order valence-electron chi connectivity index (χ2n) is 7.16. The zero-order valence-corrected chi connectivity index (χ0v) is 16.2. The molecule has 0 spiro atoms. The number of benzene rings is 1. The predicted molar refractivity (Wildman–Crippen MR) is 95.2 cm³/mol. The highest BCUT2D eigenvalue weighted by Gasteiger charge is 2.48. The van der Waals surface area contributed by atoms with Crippen LogP contribution in [0.1, 0.15) is 30.5 Å². The number of nitrogens with two attached hydrogens (primary N) is 1. The molecule has 0 bridgehead atoms. The quantitative estimate of drug-likeness (QED) is 0.706. The van der Waals surface area contributed by atoms with E-state index in [1.165, 1.54) is 12.2 Å². The van der Waals surface area contributed by atoms with Crippen molar-refractivity contribution in [2.75, 3.05) is 7.11 Å². The highest BCUT2D eigenvalue weighted by molar-refractivity contribution is 6.02. The van der Waals surface area contributed by atoms with Gasteiger partial charge in [-0.25, -0.2) is 0 Å². The van der Waals surface area contributed by atoms with Gasteiger partial charge in [0.1, 0.15) is 5.41 Å². The largest absolute Gasteiger partial charge is 0.416 e. The van der Waals surface area contributed by atoms with Crippen LogP contribution in [0.2, 0.25) is 0 Å². The standard InChI is InChI=1S/C20H19F6NO3/c1-10(2)16(28)11-4-5-15(30-3)18(9-11,17(27)29)12-6-13(19(21,22)23)8-14(7-12)20(24,25)26/h4-10,15H,1-3H3,(H2,27,29). The Kier molecular flexibility index (Phi) is 6.23.